The SMILES string of the molecule is CCOC(=O)N1CCN(c2cc(C)cc(Nc3ncn(-c4cc(F)cc(F)c4)n3)c2)CC1. The van der Waals surface area contributed by atoms with Crippen LogP contribution in [0.2, 0.25) is 0 Å². The van der Waals surface area contributed by atoms with Gasteiger partial charge in [-0.1, -0.05) is 0 Å². The van der Waals surface area contributed by atoms with E-state index in [1.807, 2.05) is 19.1 Å². The number of carbonyl (C=O) groups is 1. The number of nitrogens with zero attached hydrogens (tertiary/aromatic N) is 5. The van der Waals surface area contributed by atoms with Gasteiger partial charge in [-0.3, -0.25) is 0 Å². The van der Waals surface area contributed by atoms with Crippen molar-refractivity contribution in [2.45, 2.75) is 13.8 Å². The standard InChI is InChI=1S/C22H24F2N6O2/c1-3-32-22(31)29-6-4-28(5-7-29)19-9-15(2)8-18(13-19)26-21-25-14-30(27-21)20-11-16(23)10-17(24)12-20/h8-14H,3-7H2,1-2H3,(H,26,27). The summed E-state index contributed by atoms with van der Waals surface area (Å²) in [6, 6.07) is 9.19. The van der Waals surface area contributed by atoms with Gasteiger partial charge in [0.2, 0.25) is 5.95 Å². The number of aromatic nitrogens is 3. The summed E-state index contributed by atoms with van der Waals surface area (Å²) in [6.45, 7) is 6.72. The monoisotopic (exact) mass is 442 g/mol. The third-order valence-electron chi connectivity index (χ3n) is 5.09. The van der Waals surface area contributed by atoms with Gasteiger partial charge in [0.1, 0.15) is 18.0 Å². The minimum Gasteiger partial charge on any atom is -0.450 e. The molecular formula is C22H24F2N6O2. The molecular weight excluding hydrogens is 418 g/mol. The lowest BCUT2D eigenvalue weighted by molar-refractivity contribution is 0.105. The van der Waals surface area contributed by atoms with Crippen molar-refractivity contribution in [2.75, 3.05) is 43.0 Å². The number of halogens is 2. The number of aryl methyl sites for hydroxylation is 1. The smallest absolute Gasteiger partial charge is 0.409 e. The first-order valence-corrected chi connectivity index (χ1v) is 10.3. The number of nitrogens with one attached hydrogen (secondary N) is 1. The highest BCUT2D eigenvalue weighted by Gasteiger charge is 2.22. The van der Waals surface area contributed by atoms with Gasteiger partial charge >= 0.3 is 6.09 Å². The van der Waals surface area contributed by atoms with Crippen LogP contribution in [0.15, 0.2) is 42.7 Å². The lowest BCUT2D eigenvalue weighted by atomic mass is 10.1. The first-order valence-electron chi connectivity index (χ1n) is 10.3. The molecule has 0 saturated carbocycles. The second kappa shape index (κ2) is 9.21. The van der Waals surface area contributed by atoms with Gasteiger partial charge in [0.25, 0.3) is 0 Å². The number of rotatable bonds is 5. The fraction of sp³-hybridized carbons (Fsp3) is 0.318. The summed E-state index contributed by atoms with van der Waals surface area (Å²) in [5.74, 6) is -1.06. The Morgan fingerprint density at radius 1 is 1.03 bits per heavy atom. The third-order valence-corrected chi connectivity index (χ3v) is 5.09. The Bertz CT molecular complexity index is 1090. The molecule has 1 amide bonds. The summed E-state index contributed by atoms with van der Waals surface area (Å²) in [5, 5.41) is 7.41. The van der Waals surface area contributed by atoms with Crippen LogP contribution >= 0.6 is 0 Å². The van der Waals surface area contributed by atoms with E-state index in [9.17, 15) is 13.6 Å². The molecule has 2 heterocycles. The van der Waals surface area contributed by atoms with Crippen LogP contribution in [0.1, 0.15) is 12.5 Å². The second-order valence-electron chi connectivity index (χ2n) is 7.50. The number of benzene rings is 2. The van der Waals surface area contributed by atoms with Crippen molar-refractivity contribution in [3.8, 4) is 5.69 Å². The van der Waals surface area contributed by atoms with E-state index in [1.165, 1.54) is 23.1 Å². The van der Waals surface area contributed by atoms with Gasteiger partial charge in [0.05, 0.1) is 12.3 Å². The number of anilines is 3. The van der Waals surface area contributed by atoms with E-state index in [-0.39, 0.29) is 11.8 Å². The van der Waals surface area contributed by atoms with Crippen LogP contribution < -0.4 is 10.2 Å². The molecule has 0 aliphatic carbocycles. The molecule has 0 unspecified atom stereocenters. The van der Waals surface area contributed by atoms with Gasteiger partial charge in [0.15, 0.2) is 0 Å². The van der Waals surface area contributed by atoms with Crippen LogP contribution in [0.25, 0.3) is 5.69 Å². The van der Waals surface area contributed by atoms with Crippen molar-refractivity contribution in [3.05, 3.63) is 59.9 Å². The maximum absolute atomic E-state index is 13.5. The molecule has 8 nitrogen and oxygen atoms in total. The van der Waals surface area contributed by atoms with Crippen LogP contribution in [0.3, 0.4) is 0 Å². The summed E-state index contributed by atoms with van der Waals surface area (Å²) in [6.07, 6.45) is 1.11. The number of amides is 1. The molecule has 4 rings (SSSR count). The summed E-state index contributed by atoms with van der Waals surface area (Å²) >= 11 is 0. The van der Waals surface area contributed by atoms with Crippen molar-refractivity contribution in [2.24, 2.45) is 0 Å². The molecule has 32 heavy (non-hydrogen) atoms. The zero-order valence-electron chi connectivity index (χ0n) is 17.9. The van der Waals surface area contributed by atoms with Crippen LogP contribution in [-0.2, 0) is 4.74 Å². The molecule has 1 fully saturated rings. The molecule has 0 radical (unpaired) electrons. The third kappa shape index (κ3) is 4.96. The van der Waals surface area contributed by atoms with Gasteiger partial charge in [-0.2, -0.15) is 4.98 Å². The molecule has 3 aromatic rings. The molecule has 168 valence electrons. The van der Waals surface area contributed by atoms with Crippen molar-refractivity contribution in [1.29, 1.82) is 0 Å². The number of piperazine rings is 1. The molecule has 2 aromatic carbocycles. The van der Waals surface area contributed by atoms with E-state index < -0.39 is 11.6 Å². The first kappa shape index (κ1) is 21.5. The van der Waals surface area contributed by atoms with Crippen molar-refractivity contribution < 1.29 is 18.3 Å². The highest BCUT2D eigenvalue weighted by Crippen LogP contribution is 2.25. The number of hydrogen-bond acceptors (Lipinski definition) is 6. The molecule has 1 N–H and O–H groups in total. The molecule has 1 aliphatic rings. The minimum atomic E-state index is -0.684. The lowest BCUT2D eigenvalue weighted by Crippen LogP contribution is -2.49. The Labute approximate surface area is 184 Å². The van der Waals surface area contributed by atoms with E-state index in [1.54, 1.807) is 11.8 Å². The summed E-state index contributed by atoms with van der Waals surface area (Å²) in [5.41, 5.74) is 3.09. The molecule has 1 saturated heterocycles. The average Bonchev–Trinajstić information content (AvgIpc) is 3.21. The normalized spacial score (nSPS) is 13.9. The Kier molecular flexibility index (Phi) is 6.20. The van der Waals surface area contributed by atoms with E-state index in [2.05, 4.69) is 26.4 Å². The van der Waals surface area contributed by atoms with Crippen molar-refractivity contribution >= 4 is 23.4 Å². The average molecular weight is 442 g/mol. The topological polar surface area (TPSA) is 75.5 Å². The first-order chi connectivity index (χ1) is 15.4. The van der Waals surface area contributed by atoms with E-state index in [4.69, 9.17) is 4.74 Å². The van der Waals surface area contributed by atoms with E-state index >= 15 is 0 Å². The van der Waals surface area contributed by atoms with Crippen LogP contribution in [-0.4, -0.2) is 58.5 Å². The second-order valence-corrected chi connectivity index (χ2v) is 7.50. The summed E-state index contributed by atoms with van der Waals surface area (Å²) in [4.78, 5) is 20.0. The zero-order chi connectivity index (χ0) is 22.7. The Balaban J connectivity index is 1.46. The maximum atomic E-state index is 13.5. The Morgan fingerprint density at radius 2 is 1.75 bits per heavy atom. The summed E-state index contributed by atoms with van der Waals surface area (Å²) in [7, 11) is 0. The Morgan fingerprint density at radius 3 is 2.44 bits per heavy atom. The predicted molar refractivity (Wildman–Crippen MR) is 117 cm³/mol. The number of hydrogen-bond donors (Lipinski definition) is 1. The molecule has 1 aliphatic heterocycles. The zero-order valence-corrected chi connectivity index (χ0v) is 17.9. The molecule has 1 aromatic heterocycles. The van der Waals surface area contributed by atoms with Crippen LogP contribution in [0.5, 0.6) is 0 Å². The van der Waals surface area contributed by atoms with Crippen molar-refractivity contribution in [1.82, 2.24) is 19.7 Å². The molecule has 0 atom stereocenters. The fourth-order valence-electron chi connectivity index (χ4n) is 3.62. The van der Waals surface area contributed by atoms with Gasteiger partial charge in [-0.25, -0.2) is 18.3 Å². The van der Waals surface area contributed by atoms with E-state index in [0.717, 1.165) is 23.0 Å². The van der Waals surface area contributed by atoms with Crippen LogP contribution in [0.4, 0.5) is 30.9 Å². The van der Waals surface area contributed by atoms with Gasteiger partial charge in [0, 0.05) is 43.6 Å². The number of ether oxygens (including phenoxy) is 1. The molecule has 0 bridgehead atoms. The predicted octanol–water partition coefficient (Wildman–Crippen LogP) is 3.88. The lowest BCUT2D eigenvalue weighted by Gasteiger charge is -2.35. The van der Waals surface area contributed by atoms with Gasteiger partial charge < -0.3 is 19.9 Å². The van der Waals surface area contributed by atoms with Crippen LogP contribution in [0, 0.1) is 18.6 Å². The van der Waals surface area contributed by atoms with Crippen molar-refractivity contribution in [3.63, 3.8) is 0 Å². The Hall–Kier alpha value is -3.69. The quantitative estimate of drug-likeness (QED) is 0.647. The minimum absolute atomic E-state index is 0.243. The maximum Gasteiger partial charge on any atom is 0.409 e. The molecule has 10 heteroatoms. The highest BCUT2D eigenvalue weighted by molar-refractivity contribution is 5.69. The highest BCUT2D eigenvalue weighted by atomic mass is 19.1. The number of carbonyl (C=O) groups excluding carboxylic acids is 1. The van der Waals surface area contributed by atoms with E-state index in [0.29, 0.717) is 38.7 Å². The fourth-order valence-corrected chi connectivity index (χ4v) is 3.62. The summed E-state index contributed by atoms with van der Waals surface area (Å²) < 4.78 is 33.4. The van der Waals surface area contributed by atoms with Gasteiger partial charge in [-0.05, 0) is 49.7 Å². The van der Waals surface area contributed by atoms with Gasteiger partial charge in [-0.15, -0.1) is 5.10 Å². The largest absolute Gasteiger partial charge is 0.450 e. The molecule has 0 spiro atoms.